The van der Waals surface area contributed by atoms with Crippen LogP contribution in [0.15, 0.2) is 54.3 Å². The Kier molecular flexibility index (Phi) is 4.83. The Balaban J connectivity index is 1.62. The Morgan fingerprint density at radius 1 is 1.29 bits per heavy atom. The summed E-state index contributed by atoms with van der Waals surface area (Å²) >= 11 is 1.45. The summed E-state index contributed by atoms with van der Waals surface area (Å²) in [4.78, 5) is 18.4. The minimum absolute atomic E-state index is 0.100. The zero-order valence-electron chi connectivity index (χ0n) is 15.3. The number of aromatic nitrogens is 1. The highest BCUT2D eigenvalue weighted by atomic mass is 32.1. The molecule has 0 aliphatic carbocycles. The van der Waals surface area contributed by atoms with Gasteiger partial charge in [-0.2, -0.15) is 0 Å². The molecule has 0 fully saturated rings. The van der Waals surface area contributed by atoms with Crippen LogP contribution in [0.3, 0.4) is 0 Å². The number of fused-ring (bicyclic) bond motifs is 1. The van der Waals surface area contributed by atoms with Crippen LogP contribution in [0.5, 0.6) is 0 Å². The molecule has 6 nitrogen and oxygen atoms in total. The van der Waals surface area contributed by atoms with Gasteiger partial charge in [0.2, 0.25) is 0 Å². The number of benzene rings is 2. The van der Waals surface area contributed by atoms with Crippen LogP contribution in [-0.2, 0) is 4.74 Å². The van der Waals surface area contributed by atoms with E-state index in [1.165, 1.54) is 11.3 Å². The van der Waals surface area contributed by atoms with Crippen molar-refractivity contribution in [1.82, 2.24) is 4.98 Å². The largest absolute Gasteiger partial charge is 0.510 e. The lowest BCUT2D eigenvalue weighted by molar-refractivity contribution is 0.0505. The number of esters is 1. The minimum Gasteiger partial charge on any atom is -0.510 e. The smallest absolute Gasteiger partial charge is 0.338 e. The van der Waals surface area contributed by atoms with Crippen molar-refractivity contribution in [3.05, 3.63) is 64.9 Å². The predicted molar refractivity (Wildman–Crippen MR) is 111 cm³/mol. The lowest BCUT2D eigenvalue weighted by Crippen LogP contribution is -2.26. The van der Waals surface area contributed by atoms with Crippen molar-refractivity contribution in [3.8, 4) is 0 Å². The monoisotopic (exact) mass is 393 g/mol. The molecule has 28 heavy (non-hydrogen) atoms. The average molecular weight is 393 g/mol. The van der Waals surface area contributed by atoms with E-state index in [1.807, 2.05) is 31.2 Å². The predicted octanol–water partition coefficient (Wildman–Crippen LogP) is 4.63. The number of aliphatic hydroxyl groups is 1. The van der Waals surface area contributed by atoms with Crippen molar-refractivity contribution in [1.29, 1.82) is 5.41 Å². The Hall–Kier alpha value is -3.19. The number of carbonyl (C=O) groups is 1. The standard InChI is InChI=1S/C21H19N3O3S/c1-2-10-27-21(26)13-6-5-7-14(11-13)24-12-16(25)18(19(24)22)20-23-15-8-3-4-9-17(15)28-20/h3-9,11,22,25H,2,10,12H2,1H3. The van der Waals surface area contributed by atoms with Gasteiger partial charge in [0.25, 0.3) is 0 Å². The van der Waals surface area contributed by atoms with Gasteiger partial charge in [0.1, 0.15) is 16.6 Å². The third-order valence-electron chi connectivity index (χ3n) is 4.44. The molecule has 0 saturated carbocycles. The van der Waals surface area contributed by atoms with Crippen LogP contribution in [0, 0.1) is 5.41 Å². The maximum absolute atomic E-state index is 12.1. The van der Waals surface area contributed by atoms with Crippen molar-refractivity contribution in [3.63, 3.8) is 0 Å². The van der Waals surface area contributed by atoms with Crippen molar-refractivity contribution < 1.29 is 14.6 Å². The summed E-state index contributed by atoms with van der Waals surface area (Å²) < 4.78 is 6.19. The van der Waals surface area contributed by atoms with Crippen LogP contribution in [0.25, 0.3) is 15.8 Å². The van der Waals surface area contributed by atoms with Gasteiger partial charge in [-0.1, -0.05) is 25.1 Å². The zero-order chi connectivity index (χ0) is 19.7. The molecule has 0 spiro atoms. The first kappa shape index (κ1) is 18.2. The molecule has 1 aromatic heterocycles. The molecule has 0 radical (unpaired) electrons. The summed E-state index contributed by atoms with van der Waals surface area (Å²) in [7, 11) is 0. The van der Waals surface area contributed by atoms with E-state index in [-0.39, 0.29) is 18.1 Å². The van der Waals surface area contributed by atoms with Gasteiger partial charge < -0.3 is 14.7 Å². The zero-order valence-corrected chi connectivity index (χ0v) is 16.1. The number of hydrogen-bond donors (Lipinski definition) is 2. The maximum atomic E-state index is 12.1. The van der Waals surface area contributed by atoms with E-state index in [9.17, 15) is 9.90 Å². The van der Waals surface area contributed by atoms with Crippen LogP contribution >= 0.6 is 11.3 Å². The first-order valence-corrected chi connectivity index (χ1v) is 9.82. The molecule has 142 valence electrons. The quantitative estimate of drug-likeness (QED) is 0.617. The summed E-state index contributed by atoms with van der Waals surface area (Å²) in [5.41, 5.74) is 2.35. The lowest BCUT2D eigenvalue weighted by atomic mass is 10.2. The molecule has 7 heteroatoms. The van der Waals surface area contributed by atoms with Crippen LogP contribution in [-0.4, -0.2) is 35.0 Å². The molecule has 0 atom stereocenters. The number of ether oxygens (including phenoxy) is 1. The van der Waals surface area contributed by atoms with Crippen LogP contribution in [0.2, 0.25) is 0 Å². The summed E-state index contributed by atoms with van der Waals surface area (Å²) in [5.74, 6) is -0.128. The number of nitrogens with one attached hydrogen (secondary N) is 1. The summed E-state index contributed by atoms with van der Waals surface area (Å²) in [5, 5.41) is 19.7. The number of rotatable bonds is 5. The highest BCUT2D eigenvalue weighted by molar-refractivity contribution is 7.19. The maximum Gasteiger partial charge on any atom is 0.338 e. The molecule has 4 rings (SSSR count). The van der Waals surface area contributed by atoms with Gasteiger partial charge in [0.05, 0.1) is 34.5 Å². The topological polar surface area (TPSA) is 86.5 Å². The SMILES string of the molecule is CCCOC(=O)c1cccc(N2CC(O)=C(c3nc4ccccc4s3)C2=N)c1. The van der Waals surface area contributed by atoms with Crippen LogP contribution in [0.1, 0.15) is 28.7 Å². The first-order chi connectivity index (χ1) is 13.6. The van der Waals surface area contributed by atoms with E-state index >= 15 is 0 Å². The van der Waals surface area contributed by atoms with Crippen molar-refractivity contribution in [2.75, 3.05) is 18.1 Å². The van der Waals surface area contributed by atoms with Crippen molar-refractivity contribution >= 4 is 44.6 Å². The van der Waals surface area contributed by atoms with Gasteiger partial charge in [0, 0.05) is 5.69 Å². The number of aliphatic hydroxyl groups excluding tert-OH is 1. The second kappa shape index (κ2) is 7.44. The van der Waals surface area contributed by atoms with E-state index in [2.05, 4.69) is 4.98 Å². The van der Waals surface area contributed by atoms with Gasteiger partial charge in [-0.05, 0) is 36.8 Å². The van der Waals surface area contributed by atoms with Crippen LogP contribution in [0.4, 0.5) is 5.69 Å². The molecule has 1 aliphatic rings. The van der Waals surface area contributed by atoms with E-state index in [1.54, 1.807) is 29.2 Å². The molecule has 0 amide bonds. The number of thiazole rings is 1. The molecule has 2 aromatic carbocycles. The fraction of sp³-hybridized carbons (Fsp3) is 0.190. The minimum atomic E-state index is -0.391. The molecule has 0 bridgehead atoms. The second-order valence-electron chi connectivity index (χ2n) is 6.43. The number of nitrogens with zero attached hydrogens (tertiary/aromatic N) is 2. The number of anilines is 1. The van der Waals surface area contributed by atoms with Gasteiger partial charge in [-0.25, -0.2) is 9.78 Å². The third-order valence-corrected chi connectivity index (χ3v) is 5.50. The fourth-order valence-corrected chi connectivity index (χ4v) is 4.12. The lowest BCUT2D eigenvalue weighted by Gasteiger charge is -2.19. The number of hydrogen-bond acceptors (Lipinski definition) is 6. The fourth-order valence-electron chi connectivity index (χ4n) is 3.08. The molecular weight excluding hydrogens is 374 g/mol. The Morgan fingerprint density at radius 2 is 2.11 bits per heavy atom. The normalized spacial score (nSPS) is 14.2. The van der Waals surface area contributed by atoms with Crippen molar-refractivity contribution in [2.45, 2.75) is 13.3 Å². The van der Waals surface area contributed by atoms with E-state index in [0.29, 0.717) is 28.4 Å². The number of para-hydroxylation sites is 1. The molecule has 3 aromatic rings. The Labute approximate surface area is 166 Å². The van der Waals surface area contributed by atoms with Crippen LogP contribution < -0.4 is 4.90 Å². The number of carbonyl (C=O) groups excluding carboxylic acids is 1. The van der Waals surface area contributed by atoms with E-state index in [4.69, 9.17) is 10.1 Å². The molecular formula is C21H19N3O3S. The molecule has 0 saturated heterocycles. The summed E-state index contributed by atoms with van der Waals surface area (Å²) in [6, 6.07) is 14.6. The highest BCUT2D eigenvalue weighted by Crippen LogP contribution is 2.35. The van der Waals surface area contributed by atoms with Gasteiger partial charge in [-0.15, -0.1) is 11.3 Å². The Bertz CT molecular complexity index is 1070. The first-order valence-electron chi connectivity index (χ1n) is 9.00. The third kappa shape index (κ3) is 3.25. The molecule has 1 aliphatic heterocycles. The van der Waals surface area contributed by atoms with E-state index in [0.717, 1.165) is 16.6 Å². The average Bonchev–Trinajstić information content (AvgIpc) is 3.26. The van der Waals surface area contributed by atoms with Crippen molar-refractivity contribution in [2.24, 2.45) is 0 Å². The van der Waals surface area contributed by atoms with Gasteiger partial charge in [-0.3, -0.25) is 5.41 Å². The highest BCUT2D eigenvalue weighted by Gasteiger charge is 2.31. The molecule has 2 heterocycles. The molecule has 0 unspecified atom stereocenters. The number of amidine groups is 1. The Morgan fingerprint density at radius 3 is 2.89 bits per heavy atom. The van der Waals surface area contributed by atoms with Gasteiger partial charge >= 0.3 is 5.97 Å². The van der Waals surface area contributed by atoms with Gasteiger partial charge in [0.15, 0.2) is 0 Å². The summed E-state index contributed by atoms with van der Waals surface area (Å²) in [6.45, 7) is 2.47. The van der Waals surface area contributed by atoms with E-state index < -0.39 is 5.97 Å². The molecule has 2 N–H and O–H groups in total. The summed E-state index contributed by atoms with van der Waals surface area (Å²) in [6.07, 6.45) is 0.755. The second-order valence-corrected chi connectivity index (χ2v) is 7.46.